The highest BCUT2D eigenvalue weighted by Gasteiger charge is 2.29. The van der Waals surface area contributed by atoms with E-state index in [2.05, 4.69) is 10.1 Å². The Hall–Kier alpha value is -2.11. The number of carbonyl (C=O) groups is 1. The summed E-state index contributed by atoms with van der Waals surface area (Å²) in [7, 11) is 2.00. The van der Waals surface area contributed by atoms with E-state index in [9.17, 15) is 4.79 Å². The van der Waals surface area contributed by atoms with Crippen molar-refractivity contribution in [3.63, 3.8) is 0 Å². The zero-order valence-electron chi connectivity index (χ0n) is 13.3. The molecule has 1 fully saturated rings. The Labute approximate surface area is 130 Å². The second-order valence-corrected chi connectivity index (χ2v) is 6.26. The molecule has 1 atom stereocenters. The number of amides is 1. The summed E-state index contributed by atoms with van der Waals surface area (Å²) in [5.41, 5.74) is 0.407. The van der Waals surface area contributed by atoms with Crippen LogP contribution in [-0.2, 0) is 7.05 Å². The lowest BCUT2D eigenvalue weighted by Gasteiger charge is -2.31. The third-order valence-electron chi connectivity index (χ3n) is 4.25. The molecule has 0 N–H and O–H groups in total. The average molecular weight is 302 g/mol. The average Bonchev–Trinajstić information content (AvgIpc) is 3.15. The molecule has 0 unspecified atom stereocenters. The molecular formula is C16H22N4O2. The lowest BCUT2D eigenvalue weighted by molar-refractivity contribution is 0.0693. The molecular weight excluding hydrogens is 280 g/mol. The maximum absolute atomic E-state index is 12.6. The number of rotatable bonds is 3. The zero-order valence-corrected chi connectivity index (χ0v) is 13.3. The molecule has 2 aromatic heterocycles. The summed E-state index contributed by atoms with van der Waals surface area (Å²) in [6, 6.07) is 1.76. The Kier molecular flexibility index (Phi) is 4.00. The molecule has 0 spiro atoms. The van der Waals surface area contributed by atoms with Gasteiger partial charge in [-0.1, -0.05) is 19.0 Å². The predicted octanol–water partition coefficient (Wildman–Crippen LogP) is 2.55. The van der Waals surface area contributed by atoms with Gasteiger partial charge in [0.2, 0.25) is 0 Å². The fourth-order valence-corrected chi connectivity index (χ4v) is 2.97. The van der Waals surface area contributed by atoms with Crippen LogP contribution in [0.1, 0.15) is 60.6 Å². The second-order valence-electron chi connectivity index (χ2n) is 6.26. The van der Waals surface area contributed by atoms with E-state index < -0.39 is 0 Å². The Bertz CT molecular complexity index is 659. The van der Waals surface area contributed by atoms with Crippen LogP contribution in [0.5, 0.6) is 0 Å². The van der Waals surface area contributed by atoms with Crippen molar-refractivity contribution in [2.45, 2.75) is 38.5 Å². The van der Waals surface area contributed by atoms with Gasteiger partial charge in [-0.05, 0) is 12.8 Å². The quantitative estimate of drug-likeness (QED) is 0.874. The summed E-state index contributed by atoms with van der Waals surface area (Å²) < 4.78 is 7.28. The monoisotopic (exact) mass is 302 g/mol. The second kappa shape index (κ2) is 5.94. The molecule has 3 heterocycles. The smallest absolute Gasteiger partial charge is 0.276 e. The minimum absolute atomic E-state index is 0.0467. The summed E-state index contributed by atoms with van der Waals surface area (Å²) in [4.78, 5) is 18.9. The van der Waals surface area contributed by atoms with Gasteiger partial charge in [0, 0.05) is 50.4 Å². The molecule has 1 amide bonds. The number of hydrogen-bond donors (Lipinski definition) is 0. The van der Waals surface area contributed by atoms with Gasteiger partial charge >= 0.3 is 0 Å². The van der Waals surface area contributed by atoms with E-state index in [1.807, 2.05) is 42.8 Å². The van der Waals surface area contributed by atoms with Crippen molar-refractivity contribution in [2.75, 3.05) is 13.1 Å². The van der Waals surface area contributed by atoms with E-state index in [0.717, 1.165) is 31.0 Å². The van der Waals surface area contributed by atoms with E-state index in [1.54, 1.807) is 6.07 Å². The molecule has 6 nitrogen and oxygen atoms in total. The van der Waals surface area contributed by atoms with Crippen molar-refractivity contribution in [1.29, 1.82) is 0 Å². The van der Waals surface area contributed by atoms with Crippen molar-refractivity contribution >= 4 is 5.91 Å². The molecule has 0 radical (unpaired) electrons. The topological polar surface area (TPSA) is 64.2 Å². The van der Waals surface area contributed by atoms with Crippen molar-refractivity contribution < 1.29 is 9.32 Å². The van der Waals surface area contributed by atoms with Crippen molar-refractivity contribution in [2.24, 2.45) is 7.05 Å². The number of hydrogen-bond acceptors (Lipinski definition) is 4. The maximum Gasteiger partial charge on any atom is 0.276 e. The summed E-state index contributed by atoms with van der Waals surface area (Å²) >= 11 is 0. The van der Waals surface area contributed by atoms with Crippen LogP contribution < -0.4 is 0 Å². The SMILES string of the molecule is CC(C)c1cc(C(=O)N2CCC[C@@H](c3nccn3C)C2)no1. The molecule has 0 bridgehead atoms. The number of aryl methyl sites for hydroxylation is 1. The molecule has 22 heavy (non-hydrogen) atoms. The van der Waals surface area contributed by atoms with Crippen molar-refractivity contribution in [3.8, 4) is 0 Å². The number of nitrogens with zero attached hydrogens (tertiary/aromatic N) is 4. The zero-order chi connectivity index (χ0) is 15.7. The van der Waals surface area contributed by atoms with Gasteiger partial charge < -0.3 is 14.0 Å². The predicted molar refractivity (Wildman–Crippen MR) is 81.7 cm³/mol. The number of imidazole rings is 1. The van der Waals surface area contributed by atoms with Gasteiger partial charge in [0.15, 0.2) is 5.69 Å². The first-order chi connectivity index (χ1) is 10.6. The number of aromatic nitrogens is 3. The first kappa shape index (κ1) is 14.8. The van der Waals surface area contributed by atoms with Crippen LogP contribution in [0.25, 0.3) is 0 Å². The molecule has 0 aromatic carbocycles. The summed E-state index contributed by atoms with van der Waals surface area (Å²) in [6.07, 6.45) is 5.80. The van der Waals surface area contributed by atoms with Crippen LogP contribution in [0, 0.1) is 0 Å². The molecule has 0 aliphatic carbocycles. The van der Waals surface area contributed by atoms with Gasteiger partial charge in [-0.25, -0.2) is 4.98 Å². The van der Waals surface area contributed by atoms with Gasteiger partial charge in [-0.3, -0.25) is 4.79 Å². The maximum atomic E-state index is 12.6. The highest BCUT2D eigenvalue weighted by Crippen LogP contribution is 2.26. The molecule has 1 saturated heterocycles. The van der Waals surface area contributed by atoms with Gasteiger partial charge in [0.05, 0.1) is 0 Å². The molecule has 2 aromatic rings. The van der Waals surface area contributed by atoms with E-state index in [4.69, 9.17) is 4.52 Å². The lowest BCUT2D eigenvalue weighted by Crippen LogP contribution is -2.39. The summed E-state index contributed by atoms with van der Waals surface area (Å²) in [5.74, 6) is 2.26. The summed E-state index contributed by atoms with van der Waals surface area (Å²) in [6.45, 7) is 5.50. The molecule has 1 aliphatic heterocycles. The van der Waals surface area contributed by atoms with E-state index in [0.29, 0.717) is 12.2 Å². The Morgan fingerprint density at radius 1 is 1.45 bits per heavy atom. The van der Waals surface area contributed by atoms with Crippen LogP contribution in [-0.4, -0.2) is 38.6 Å². The number of carbonyl (C=O) groups excluding carboxylic acids is 1. The van der Waals surface area contributed by atoms with Crippen molar-refractivity contribution in [3.05, 3.63) is 35.7 Å². The van der Waals surface area contributed by atoms with Gasteiger partial charge in [0.1, 0.15) is 11.6 Å². The van der Waals surface area contributed by atoms with Crippen LogP contribution in [0.2, 0.25) is 0 Å². The Morgan fingerprint density at radius 3 is 2.91 bits per heavy atom. The third kappa shape index (κ3) is 2.77. The highest BCUT2D eigenvalue weighted by molar-refractivity contribution is 5.92. The lowest BCUT2D eigenvalue weighted by atomic mass is 9.97. The minimum atomic E-state index is -0.0467. The fraction of sp³-hybridized carbons (Fsp3) is 0.562. The van der Waals surface area contributed by atoms with E-state index in [-0.39, 0.29) is 17.7 Å². The first-order valence-electron chi connectivity index (χ1n) is 7.79. The van der Waals surface area contributed by atoms with E-state index >= 15 is 0 Å². The van der Waals surface area contributed by atoms with Crippen LogP contribution in [0.15, 0.2) is 23.0 Å². The summed E-state index contributed by atoms with van der Waals surface area (Å²) in [5, 5.41) is 3.93. The Morgan fingerprint density at radius 2 is 2.27 bits per heavy atom. The fourth-order valence-electron chi connectivity index (χ4n) is 2.97. The minimum Gasteiger partial charge on any atom is -0.360 e. The molecule has 118 valence electrons. The highest BCUT2D eigenvalue weighted by atomic mass is 16.5. The number of likely N-dealkylation sites (tertiary alicyclic amines) is 1. The molecule has 6 heteroatoms. The molecule has 1 aliphatic rings. The van der Waals surface area contributed by atoms with Gasteiger partial charge in [-0.2, -0.15) is 0 Å². The number of piperidine rings is 1. The first-order valence-corrected chi connectivity index (χ1v) is 7.79. The Balaban J connectivity index is 1.73. The molecule has 3 rings (SSSR count). The largest absolute Gasteiger partial charge is 0.360 e. The molecule has 0 saturated carbocycles. The normalized spacial score (nSPS) is 18.9. The van der Waals surface area contributed by atoms with Gasteiger partial charge in [-0.15, -0.1) is 0 Å². The van der Waals surface area contributed by atoms with Crippen LogP contribution in [0.4, 0.5) is 0 Å². The van der Waals surface area contributed by atoms with Crippen molar-refractivity contribution in [1.82, 2.24) is 19.6 Å². The van der Waals surface area contributed by atoms with Gasteiger partial charge in [0.25, 0.3) is 5.91 Å². The van der Waals surface area contributed by atoms with Crippen LogP contribution in [0.3, 0.4) is 0 Å². The van der Waals surface area contributed by atoms with Crippen LogP contribution >= 0.6 is 0 Å². The third-order valence-corrected chi connectivity index (χ3v) is 4.25. The van der Waals surface area contributed by atoms with E-state index in [1.165, 1.54) is 0 Å². The standard InChI is InChI=1S/C16H22N4O2/c1-11(2)14-9-13(18-22-14)16(21)20-7-4-5-12(10-20)15-17-6-8-19(15)3/h6,8-9,11-12H,4-5,7,10H2,1-3H3/t12-/m1/s1.